The minimum atomic E-state index is -4.73. The Hall–Kier alpha value is -1.80. The summed E-state index contributed by atoms with van der Waals surface area (Å²) >= 11 is 0. The standard InChI is InChI=1S/C9H7F3O10S/c10-6(11)4-1(17-8(13)18-4)2-3(22-23(15,16)21-2)5-7(12)20-9(14)19-5/h1-7H. The number of cyclic esters (lactones) is 4. The Balaban J connectivity index is 1.89. The van der Waals surface area contributed by atoms with E-state index in [0.29, 0.717) is 0 Å². The monoisotopic (exact) mass is 364 g/mol. The van der Waals surface area contributed by atoms with E-state index in [1.807, 2.05) is 0 Å². The second kappa shape index (κ2) is 5.38. The molecule has 3 saturated heterocycles. The SMILES string of the molecule is O=C1OC(F)C(C2OS(=O)(=O)OC2C2OC(=O)OC2C(F)F)O1. The second-order valence-corrected chi connectivity index (χ2v) is 5.78. The number of hydrogen-bond donors (Lipinski definition) is 0. The van der Waals surface area contributed by atoms with Gasteiger partial charge in [-0.05, 0) is 0 Å². The summed E-state index contributed by atoms with van der Waals surface area (Å²) in [5.41, 5.74) is 0. The molecule has 130 valence electrons. The first-order valence-electron chi connectivity index (χ1n) is 5.96. The zero-order chi connectivity index (χ0) is 16.9. The van der Waals surface area contributed by atoms with Gasteiger partial charge in [-0.1, -0.05) is 0 Å². The summed E-state index contributed by atoms with van der Waals surface area (Å²) < 4.78 is 87.9. The minimum Gasteiger partial charge on any atom is -0.424 e. The number of alkyl halides is 3. The van der Waals surface area contributed by atoms with Gasteiger partial charge in [-0.3, -0.25) is 0 Å². The molecule has 0 radical (unpaired) electrons. The van der Waals surface area contributed by atoms with Crippen LogP contribution in [-0.4, -0.2) is 64.0 Å². The number of carbonyl (C=O) groups is 2. The lowest BCUT2D eigenvalue weighted by molar-refractivity contribution is -0.0821. The maximum Gasteiger partial charge on any atom is 0.511 e. The molecule has 0 saturated carbocycles. The first-order valence-corrected chi connectivity index (χ1v) is 7.29. The van der Waals surface area contributed by atoms with E-state index in [1.54, 1.807) is 0 Å². The van der Waals surface area contributed by atoms with Crippen LogP contribution in [0.2, 0.25) is 0 Å². The number of carbonyl (C=O) groups excluding carboxylic acids is 2. The number of halogens is 3. The van der Waals surface area contributed by atoms with Crippen LogP contribution in [-0.2, 0) is 37.7 Å². The van der Waals surface area contributed by atoms with Gasteiger partial charge in [-0.15, -0.1) is 0 Å². The topological polar surface area (TPSA) is 124 Å². The Bertz CT molecular complexity index is 623. The van der Waals surface area contributed by atoms with Crippen LogP contribution in [0.3, 0.4) is 0 Å². The third-order valence-electron chi connectivity index (χ3n) is 3.17. The third-order valence-corrected chi connectivity index (χ3v) is 4.08. The first kappa shape index (κ1) is 16.1. The molecule has 6 atom stereocenters. The highest BCUT2D eigenvalue weighted by Crippen LogP contribution is 2.37. The van der Waals surface area contributed by atoms with E-state index in [0.717, 1.165) is 0 Å². The Morgan fingerprint density at radius 2 is 1.35 bits per heavy atom. The van der Waals surface area contributed by atoms with Crippen LogP contribution < -0.4 is 0 Å². The summed E-state index contributed by atoms with van der Waals surface area (Å²) in [6, 6.07) is 0. The van der Waals surface area contributed by atoms with Gasteiger partial charge in [0.15, 0.2) is 18.3 Å². The summed E-state index contributed by atoms with van der Waals surface area (Å²) in [4.78, 5) is 21.9. The van der Waals surface area contributed by atoms with Crippen molar-refractivity contribution in [1.82, 2.24) is 0 Å². The number of rotatable bonds is 3. The van der Waals surface area contributed by atoms with Crippen molar-refractivity contribution in [2.24, 2.45) is 0 Å². The molecule has 0 amide bonds. The first-order chi connectivity index (χ1) is 10.7. The van der Waals surface area contributed by atoms with Crippen molar-refractivity contribution in [2.45, 2.75) is 43.3 Å². The van der Waals surface area contributed by atoms with E-state index in [1.165, 1.54) is 0 Å². The summed E-state index contributed by atoms with van der Waals surface area (Å²) in [7, 11) is -4.73. The zero-order valence-corrected chi connectivity index (χ0v) is 11.5. The Kier molecular flexibility index (Phi) is 3.76. The fraction of sp³-hybridized carbons (Fsp3) is 0.778. The highest BCUT2D eigenvalue weighted by Gasteiger charge is 2.61. The summed E-state index contributed by atoms with van der Waals surface area (Å²) in [5.74, 6) is 0. The molecule has 0 aromatic carbocycles. The van der Waals surface area contributed by atoms with E-state index in [9.17, 15) is 31.2 Å². The maximum absolute atomic E-state index is 13.5. The van der Waals surface area contributed by atoms with Gasteiger partial charge < -0.3 is 18.9 Å². The van der Waals surface area contributed by atoms with Gasteiger partial charge in [0.1, 0.15) is 0 Å². The van der Waals surface area contributed by atoms with Gasteiger partial charge in [-0.25, -0.2) is 26.7 Å². The summed E-state index contributed by atoms with van der Waals surface area (Å²) in [6.07, 6.45) is -18.5. The minimum absolute atomic E-state index is 1.46. The average Bonchev–Trinajstić information content (AvgIpc) is 3.05. The van der Waals surface area contributed by atoms with E-state index in [4.69, 9.17) is 0 Å². The summed E-state index contributed by atoms with van der Waals surface area (Å²) in [6.45, 7) is 0. The predicted molar refractivity (Wildman–Crippen MR) is 56.1 cm³/mol. The third kappa shape index (κ3) is 2.88. The summed E-state index contributed by atoms with van der Waals surface area (Å²) in [5, 5.41) is 0. The van der Waals surface area contributed by atoms with Crippen molar-refractivity contribution in [3.05, 3.63) is 0 Å². The molecule has 3 heterocycles. The lowest BCUT2D eigenvalue weighted by atomic mass is 9.99. The van der Waals surface area contributed by atoms with Crippen molar-refractivity contribution in [3.63, 3.8) is 0 Å². The number of ether oxygens (including phenoxy) is 4. The van der Waals surface area contributed by atoms with Crippen molar-refractivity contribution in [2.75, 3.05) is 0 Å². The van der Waals surface area contributed by atoms with E-state index < -0.39 is 66.0 Å². The largest absolute Gasteiger partial charge is 0.511 e. The fourth-order valence-electron chi connectivity index (χ4n) is 2.29. The maximum atomic E-state index is 13.5. The molecule has 0 aromatic heterocycles. The van der Waals surface area contributed by atoms with Gasteiger partial charge in [0, 0.05) is 0 Å². The smallest absolute Gasteiger partial charge is 0.424 e. The van der Waals surface area contributed by atoms with E-state index >= 15 is 0 Å². The van der Waals surface area contributed by atoms with Crippen LogP contribution in [0.4, 0.5) is 22.8 Å². The highest BCUT2D eigenvalue weighted by atomic mass is 32.3. The molecule has 23 heavy (non-hydrogen) atoms. The average molecular weight is 364 g/mol. The zero-order valence-electron chi connectivity index (χ0n) is 10.7. The quantitative estimate of drug-likeness (QED) is 0.633. The van der Waals surface area contributed by atoms with Gasteiger partial charge >= 0.3 is 22.7 Å². The van der Waals surface area contributed by atoms with Crippen molar-refractivity contribution in [1.29, 1.82) is 0 Å². The van der Waals surface area contributed by atoms with Gasteiger partial charge in [0.2, 0.25) is 12.2 Å². The van der Waals surface area contributed by atoms with E-state index in [-0.39, 0.29) is 0 Å². The molecule has 0 bridgehead atoms. The van der Waals surface area contributed by atoms with Gasteiger partial charge in [0.05, 0.1) is 0 Å². The Morgan fingerprint density at radius 3 is 1.87 bits per heavy atom. The van der Waals surface area contributed by atoms with Crippen molar-refractivity contribution in [3.8, 4) is 0 Å². The lowest BCUT2D eigenvalue weighted by Crippen LogP contribution is -2.49. The van der Waals surface area contributed by atoms with Crippen LogP contribution in [0.5, 0.6) is 0 Å². The molecule has 14 heteroatoms. The van der Waals surface area contributed by atoms with Crippen molar-refractivity contribution < 1.29 is 58.5 Å². The molecule has 0 aromatic rings. The van der Waals surface area contributed by atoms with Crippen LogP contribution >= 0.6 is 0 Å². The normalized spacial score (nSPS) is 42.3. The number of hydrogen-bond acceptors (Lipinski definition) is 10. The second-order valence-electron chi connectivity index (χ2n) is 4.58. The van der Waals surface area contributed by atoms with Crippen LogP contribution in [0, 0.1) is 0 Å². The predicted octanol–water partition coefficient (Wildman–Crippen LogP) is 0.0153. The molecule has 6 unspecified atom stereocenters. The van der Waals surface area contributed by atoms with Crippen LogP contribution in [0.25, 0.3) is 0 Å². The molecule has 3 aliphatic rings. The molecule has 10 nitrogen and oxygen atoms in total. The molecular formula is C9H7F3O10S. The Labute approximate surface area is 125 Å². The molecule has 0 N–H and O–H groups in total. The van der Waals surface area contributed by atoms with Crippen LogP contribution in [0.15, 0.2) is 0 Å². The van der Waals surface area contributed by atoms with Gasteiger partial charge in [-0.2, -0.15) is 12.8 Å². The highest BCUT2D eigenvalue weighted by molar-refractivity contribution is 7.82. The molecule has 3 rings (SSSR count). The fourth-order valence-corrected chi connectivity index (χ4v) is 3.32. The molecule has 3 aliphatic heterocycles. The van der Waals surface area contributed by atoms with Crippen molar-refractivity contribution >= 4 is 22.7 Å². The van der Waals surface area contributed by atoms with E-state index in [2.05, 4.69) is 27.3 Å². The lowest BCUT2D eigenvalue weighted by Gasteiger charge is -2.24. The molecular weight excluding hydrogens is 357 g/mol. The molecule has 0 spiro atoms. The van der Waals surface area contributed by atoms with Gasteiger partial charge in [0.25, 0.3) is 12.8 Å². The molecule has 0 aliphatic carbocycles. The Morgan fingerprint density at radius 1 is 0.826 bits per heavy atom. The molecule has 3 fully saturated rings. The van der Waals surface area contributed by atoms with Crippen LogP contribution in [0.1, 0.15) is 0 Å².